The van der Waals surface area contributed by atoms with E-state index in [0.717, 1.165) is 37.1 Å². The minimum Gasteiger partial charge on any atom is -0.349 e. The van der Waals surface area contributed by atoms with E-state index in [-0.39, 0.29) is 11.6 Å². The molecule has 5 fully saturated rings. The average molecular weight is 232 g/mol. The predicted octanol–water partition coefficient (Wildman–Crippen LogP) is 1.04. The molecule has 5 rings (SSSR count). The van der Waals surface area contributed by atoms with E-state index >= 15 is 0 Å². The van der Waals surface area contributed by atoms with Crippen molar-refractivity contribution in [1.29, 1.82) is 0 Å². The molecule has 3 heteroatoms. The van der Waals surface area contributed by atoms with Crippen molar-refractivity contribution in [1.82, 2.24) is 10.6 Å². The van der Waals surface area contributed by atoms with Crippen LogP contribution in [0, 0.1) is 23.2 Å². The molecule has 3 nitrogen and oxygen atoms in total. The summed E-state index contributed by atoms with van der Waals surface area (Å²) in [6.07, 6.45) is 7.71. The summed E-state index contributed by atoms with van der Waals surface area (Å²) in [6, 6.07) is 0.109. The second kappa shape index (κ2) is 2.56. The van der Waals surface area contributed by atoms with Gasteiger partial charge in [-0.05, 0) is 62.8 Å². The molecule has 1 amide bonds. The van der Waals surface area contributed by atoms with Crippen molar-refractivity contribution in [3.05, 3.63) is 0 Å². The van der Waals surface area contributed by atoms with Gasteiger partial charge in [0.1, 0.15) is 0 Å². The highest BCUT2D eigenvalue weighted by Crippen LogP contribution is 2.89. The molecular weight excluding hydrogens is 212 g/mol. The maximum Gasteiger partial charge on any atom is 0.237 e. The van der Waals surface area contributed by atoms with Crippen molar-refractivity contribution in [2.24, 2.45) is 23.2 Å². The Labute approximate surface area is 102 Å². The number of amides is 1. The first kappa shape index (κ1) is 9.37. The largest absolute Gasteiger partial charge is 0.349 e. The SMILES string of the molecule is O=C(NC12CC3CC4CC(C1)C432)[C@@H]1CCCN1. The van der Waals surface area contributed by atoms with E-state index in [1.54, 1.807) is 0 Å². The number of hydrogen-bond donors (Lipinski definition) is 2. The smallest absolute Gasteiger partial charge is 0.237 e. The summed E-state index contributed by atoms with van der Waals surface area (Å²) in [5.41, 5.74) is 0.895. The highest BCUT2D eigenvalue weighted by atomic mass is 16.2. The normalized spacial score (nSPS) is 60.9. The first-order chi connectivity index (χ1) is 8.26. The van der Waals surface area contributed by atoms with E-state index in [4.69, 9.17) is 0 Å². The van der Waals surface area contributed by atoms with E-state index in [2.05, 4.69) is 10.6 Å². The van der Waals surface area contributed by atoms with Crippen LogP contribution in [-0.2, 0) is 4.79 Å². The second-order valence-electron chi connectivity index (χ2n) is 7.12. The van der Waals surface area contributed by atoms with Crippen molar-refractivity contribution in [2.75, 3.05) is 6.54 Å². The van der Waals surface area contributed by atoms with Gasteiger partial charge in [0.15, 0.2) is 0 Å². The minimum atomic E-state index is 0.109. The van der Waals surface area contributed by atoms with Crippen molar-refractivity contribution in [3.8, 4) is 0 Å². The van der Waals surface area contributed by atoms with Crippen LogP contribution in [0.5, 0.6) is 0 Å². The van der Waals surface area contributed by atoms with Crippen molar-refractivity contribution >= 4 is 5.91 Å². The summed E-state index contributed by atoms with van der Waals surface area (Å²) in [5.74, 6) is 3.25. The quantitative estimate of drug-likeness (QED) is 0.747. The molecule has 5 aliphatic rings. The van der Waals surface area contributed by atoms with E-state index in [1.807, 2.05) is 0 Å². The summed E-state index contributed by atoms with van der Waals surface area (Å²) < 4.78 is 0. The van der Waals surface area contributed by atoms with Gasteiger partial charge in [0.25, 0.3) is 0 Å². The zero-order chi connectivity index (χ0) is 11.3. The third-order valence-electron chi connectivity index (χ3n) is 6.92. The van der Waals surface area contributed by atoms with Crippen LogP contribution in [0.15, 0.2) is 0 Å². The molecular formula is C14H20N2O. The van der Waals surface area contributed by atoms with Crippen molar-refractivity contribution < 1.29 is 4.79 Å². The summed E-state index contributed by atoms with van der Waals surface area (Å²) in [7, 11) is 0. The lowest BCUT2D eigenvalue weighted by molar-refractivity contribution is -0.394. The lowest BCUT2D eigenvalue weighted by Crippen LogP contribution is -2.93. The minimum absolute atomic E-state index is 0.109. The van der Waals surface area contributed by atoms with Gasteiger partial charge in [-0.25, -0.2) is 0 Å². The van der Waals surface area contributed by atoms with E-state index in [9.17, 15) is 4.79 Å². The Morgan fingerprint density at radius 2 is 1.94 bits per heavy atom. The molecule has 1 spiro atoms. The third kappa shape index (κ3) is 0.762. The second-order valence-corrected chi connectivity index (χ2v) is 7.12. The van der Waals surface area contributed by atoms with Gasteiger partial charge >= 0.3 is 0 Å². The van der Waals surface area contributed by atoms with Gasteiger partial charge < -0.3 is 10.6 Å². The van der Waals surface area contributed by atoms with Gasteiger partial charge in [0.2, 0.25) is 5.91 Å². The molecule has 0 aromatic heterocycles. The van der Waals surface area contributed by atoms with E-state index in [0.29, 0.717) is 11.3 Å². The molecule has 0 bridgehead atoms. The highest BCUT2D eigenvalue weighted by molar-refractivity contribution is 5.83. The maximum atomic E-state index is 12.3. The van der Waals surface area contributed by atoms with Gasteiger partial charge in [-0.1, -0.05) is 0 Å². The Bertz CT molecular complexity index is 387. The molecule has 17 heavy (non-hydrogen) atoms. The maximum absolute atomic E-state index is 12.3. The molecule has 1 saturated heterocycles. The predicted molar refractivity (Wildman–Crippen MR) is 63.3 cm³/mol. The van der Waals surface area contributed by atoms with E-state index < -0.39 is 0 Å². The van der Waals surface area contributed by atoms with Crippen LogP contribution in [0.3, 0.4) is 0 Å². The molecule has 2 N–H and O–H groups in total. The average Bonchev–Trinajstić information content (AvgIpc) is 2.71. The van der Waals surface area contributed by atoms with Crippen LogP contribution in [-0.4, -0.2) is 24.0 Å². The fourth-order valence-electron chi connectivity index (χ4n) is 6.38. The summed E-state index contributed by atoms with van der Waals surface area (Å²) in [4.78, 5) is 12.3. The van der Waals surface area contributed by atoms with Crippen LogP contribution in [0.4, 0.5) is 0 Å². The molecule has 4 aliphatic carbocycles. The topological polar surface area (TPSA) is 41.1 Å². The van der Waals surface area contributed by atoms with Crippen molar-refractivity contribution in [2.45, 2.75) is 50.1 Å². The summed E-state index contributed by atoms with van der Waals surface area (Å²) in [5, 5.41) is 6.77. The Hall–Kier alpha value is -0.570. The van der Waals surface area contributed by atoms with Gasteiger partial charge in [0.05, 0.1) is 6.04 Å². The Morgan fingerprint density at radius 3 is 2.47 bits per heavy atom. The Morgan fingerprint density at radius 1 is 1.18 bits per heavy atom. The number of carbonyl (C=O) groups is 1. The molecule has 1 heterocycles. The first-order valence-electron chi connectivity index (χ1n) is 7.32. The van der Waals surface area contributed by atoms with Crippen molar-refractivity contribution in [3.63, 3.8) is 0 Å². The summed E-state index contributed by atoms with van der Waals surface area (Å²) in [6.45, 7) is 1.02. The van der Waals surface area contributed by atoms with Gasteiger partial charge in [0, 0.05) is 11.0 Å². The van der Waals surface area contributed by atoms with Crippen LogP contribution in [0.1, 0.15) is 38.5 Å². The molecule has 3 atom stereocenters. The molecule has 92 valence electrons. The number of hydrogen-bond acceptors (Lipinski definition) is 2. The third-order valence-corrected chi connectivity index (χ3v) is 6.92. The number of nitrogens with one attached hydrogen (secondary N) is 2. The first-order valence-corrected chi connectivity index (χ1v) is 7.32. The molecule has 2 unspecified atom stereocenters. The monoisotopic (exact) mass is 232 g/mol. The lowest BCUT2D eigenvalue weighted by Gasteiger charge is -2.91. The lowest BCUT2D eigenvalue weighted by atomic mass is 9.15. The van der Waals surface area contributed by atoms with Crippen LogP contribution < -0.4 is 10.6 Å². The molecule has 1 aliphatic heterocycles. The van der Waals surface area contributed by atoms with Gasteiger partial charge in [-0.15, -0.1) is 0 Å². The Balaban J connectivity index is 1.35. The fraction of sp³-hybridized carbons (Fsp3) is 0.929. The summed E-state index contributed by atoms with van der Waals surface area (Å²) >= 11 is 0. The fourth-order valence-corrected chi connectivity index (χ4v) is 6.38. The van der Waals surface area contributed by atoms with Gasteiger partial charge in [-0.2, -0.15) is 0 Å². The van der Waals surface area contributed by atoms with Crippen LogP contribution in [0.25, 0.3) is 0 Å². The van der Waals surface area contributed by atoms with Gasteiger partial charge in [-0.3, -0.25) is 4.79 Å². The zero-order valence-electron chi connectivity index (χ0n) is 10.2. The Kier molecular flexibility index (Phi) is 1.41. The van der Waals surface area contributed by atoms with E-state index in [1.165, 1.54) is 25.7 Å². The zero-order valence-corrected chi connectivity index (χ0v) is 10.2. The number of carbonyl (C=O) groups excluding carboxylic acids is 1. The molecule has 4 saturated carbocycles. The highest BCUT2D eigenvalue weighted by Gasteiger charge is 2.88. The molecule has 0 aromatic rings. The standard InChI is InChI=1S/C14H20N2O/c17-12(11-2-1-3-15-11)16-13-6-9-4-8-5-10(7-13)14(8,9)13/h8-11,15H,1-7H2,(H,16,17)/t8?,9?,10?,11-,13?,14?/m0/s1. The number of rotatable bonds is 2. The van der Waals surface area contributed by atoms with Crippen LogP contribution >= 0.6 is 0 Å². The van der Waals surface area contributed by atoms with Crippen LogP contribution in [0.2, 0.25) is 0 Å². The molecule has 0 aromatic carbocycles. The molecule has 0 radical (unpaired) electrons.